The van der Waals surface area contributed by atoms with E-state index >= 15 is 0 Å². The monoisotopic (exact) mass is 233 g/mol. The molecule has 0 amide bonds. The van der Waals surface area contributed by atoms with Gasteiger partial charge in [-0.2, -0.15) is 0 Å². The molecule has 0 aromatic heterocycles. The van der Waals surface area contributed by atoms with E-state index in [2.05, 4.69) is 12.2 Å². The lowest BCUT2D eigenvalue weighted by atomic mass is 9.83. The van der Waals surface area contributed by atoms with E-state index in [9.17, 15) is 0 Å². The first-order valence-corrected chi connectivity index (χ1v) is 6.71. The summed E-state index contributed by atoms with van der Waals surface area (Å²) in [6, 6.07) is 10.0. The summed E-state index contributed by atoms with van der Waals surface area (Å²) in [6.45, 7) is 4.03. The molecule has 1 N–H and O–H groups in total. The van der Waals surface area contributed by atoms with E-state index in [1.165, 1.54) is 32.1 Å². The van der Waals surface area contributed by atoms with Crippen molar-refractivity contribution in [1.82, 2.24) is 5.32 Å². The number of rotatable bonds is 5. The minimum Gasteiger partial charge on any atom is -0.492 e. The molecule has 1 aromatic rings. The predicted octanol–water partition coefficient (Wildman–Crippen LogP) is 3.38. The SMILES string of the molecule is CC1(NCCOc2ccccc2)CCCCC1. The zero-order valence-electron chi connectivity index (χ0n) is 10.7. The van der Waals surface area contributed by atoms with Crippen LogP contribution in [0.15, 0.2) is 30.3 Å². The molecule has 1 aromatic carbocycles. The van der Waals surface area contributed by atoms with Crippen LogP contribution in [0.4, 0.5) is 0 Å². The Labute approximate surface area is 104 Å². The average molecular weight is 233 g/mol. The highest BCUT2D eigenvalue weighted by molar-refractivity contribution is 5.20. The van der Waals surface area contributed by atoms with E-state index in [0.29, 0.717) is 5.54 Å². The van der Waals surface area contributed by atoms with Crippen molar-refractivity contribution in [3.63, 3.8) is 0 Å². The van der Waals surface area contributed by atoms with Crippen molar-refractivity contribution in [2.24, 2.45) is 0 Å². The third-order valence-corrected chi connectivity index (χ3v) is 3.62. The van der Waals surface area contributed by atoms with Crippen molar-refractivity contribution in [2.45, 2.75) is 44.6 Å². The molecule has 94 valence electrons. The molecule has 0 aliphatic heterocycles. The van der Waals surface area contributed by atoms with Crippen molar-refractivity contribution in [2.75, 3.05) is 13.2 Å². The Morgan fingerprint density at radius 1 is 1.12 bits per heavy atom. The summed E-state index contributed by atoms with van der Waals surface area (Å²) in [5.41, 5.74) is 0.346. The highest BCUT2D eigenvalue weighted by Crippen LogP contribution is 2.27. The first-order valence-electron chi connectivity index (χ1n) is 6.71. The van der Waals surface area contributed by atoms with Crippen LogP contribution in [0.1, 0.15) is 39.0 Å². The summed E-state index contributed by atoms with van der Waals surface area (Å²) >= 11 is 0. The molecule has 1 aliphatic carbocycles. The van der Waals surface area contributed by atoms with Crippen molar-refractivity contribution in [3.8, 4) is 5.75 Å². The topological polar surface area (TPSA) is 21.3 Å². The lowest BCUT2D eigenvalue weighted by molar-refractivity contribution is 0.228. The number of hydrogen-bond donors (Lipinski definition) is 1. The van der Waals surface area contributed by atoms with Crippen LogP contribution in [0, 0.1) is 0 Å². The molecular weight excluding hydrogens is 210 g/mol. The fourth-order valence-corrected chi connectivity index (χ4v) is 2.55. The number of nitrogens with one attached hydrogen (secondary N) is 1. The van der Waals surface area contributed by atoms with Gasteiger partial charge in [0.05, 0.1) is 0 Å². The fraction of sp³-hybridized carbons (Fsp3) is 0.600. The minimum atomic E-state index is 0.346. The molecule has 1 saturated carbocycles. The third-order valence-electron chi connectivity index (χ3n) is 3.62. The second kappa shape index (κ2) is 6.06. The zero-order valence-corrected chi connectivity index (χ0v) is 10.7. The first kappa shape index (κ1) is 12.4. The van der Waals surface area contributed by atoms with Crippen LogP contribution < -0.4 is 10.1 Å². The van der Waals surface area contributed by atoms with Gasteiger partial charge in [0, 0.05) is 12.1 Å². The van der Waals surface area contributed by atoms with Gasteiger partial charge < -0.3 is 10.1 Å². The highest BCUT2D eigenvalue weighted by atomic mass is 16.5. The van der Waals surface area contributed by atoms with E-state index in [4.69, 9.17) is 4.74 Å². The molecule has 0 radical (unpaired) electrons. The standard InChI is InChI=1S/C15H23NO/c1-15(10-6-3-7-11-15)16-12-13-17-14-8-4-2-5-9-14/h2,4-5,8-9,16H,3,6-7,10-13H2,1H3. The van der Waals surface area contributed by atoms with Crippen LogP contribution in [0.5, 0.6) is 5.75 Å². The maximum Gasteiger partial charge on any atom is 0.119 e. The van der Waals surface area contributed by atoms with Crippen molar-refractivity contribution < 1.29 is 4.74 Å². The molecular formula is C15H23NO. The smallest absolute Gasteiger partial charge is 0.119 e. The fourth-order valence-electron chi connectivity index (χ4n) is 2.55. The first-order chi connectivity index (χ1) is 8.29. The summed E-state index contributed by atoms with van der Waals surface area (Å²) < 4.78 is 5.68. The largest absolute Gasteiger partial charge is 0.492 e. The molecule has 1 aliphatic rings. The van der Waals surface area contributed by atoms with Gasteiger partial charge in [-0.05, 0) is 31.9 Å². The van der Waals surface area contributed by atoms with Gasteiger partial charge in [-0.25, -0.2) is 0 Å². The Bertz CT molecular complexity index is 317. The molecule has 2 rings (SSSR count). The Morgan fingerprint density at radius 2 is 1.82 bits per heavy atom. The molecule has 1 fully saturated rings. The van der Waals surface area contributed by atoms with Gasteiger partial charge in [-0.1, -0.05) is 37.5 Å². The van der Waals surface area contributed by atoms with Crippen LogP contribution in [-0.2, 0) is 0 Å². The Hall–Kier alpha value is -1.02. The molecule has 0 bridgehead atoms. The van der Waals surface area contributed by atoms with Gasteiger partial charge in [0.2, 0.25) is 0 Å². The van der Waals surface area contributed by atoms with E-state index in [1.54, 1.807) is 0 Å². The maximum atomic E-state index is 5.68. The van der Waals surface area contributed by atoms with Crippen molar-refractivity contribution in [1.29, 1.82) is 0 Å². The van der Waals surface area contributed by atoms with Crippen LogP contribution in [0.3, 0.4) is 0 Å². The number of hydrogen-bond acceptors (Lipinski definition) is 2. The number of benzene rings is 1. The molecule has 0 spiro atoms. The summed E-state index contributed by atoms with van der Waals surface area (Å²) in [5, 5.41) is 3.64. The average Bonchev–Trinajstić information content (AvgIpc) is 2.37. The van der Waals surface area contributed by atoms with E-state index in [0.717, 1.165) is 18.9 Å². The summed E-state index contributed by atoms with van der Waals surface area (Å²) in [7, 11) is 0. The van der Waals surface area contributed by atoms with Crippen LogP contribution in [0.2, 0.25) is 0 Å². The van der Waals surface area contributed by atoms with Gasteiger partial charge in [0.25, 0.3) is 0 Å². The minimum absolute atomic E-state index is 0.346. The van der Waals surface area contributed by atoms with E-state index in [1.807, 2.05) is 30.3 Å². The molecule has 0 atom stereocenters. The van der Waals surface area contributed by atoms with E-state index in [-0.39, 0.29) is 0 Å². The van der Waals surface area contributed by atoms with Crippen LogP contribution in [0.25, 0.3) is 0 Å². The lowest BCUT2D eigenvalue weighted by Crippen LogP contribution is -2.45. The van der Waals surface area contributed by atoms with Crippen LogP contribution in [-0.4, -0.2) is 18.7 Å². The Balaban J connectivity index is 1.66. The molecule has 17 heavy (non-hydrogen) atoms. The molecule has 0 heterocycles. The normalized spacial score (nSPS) is 18.9. The van der Waals surface area contributed by atoms with Crippen LogP contribution >= 0.6 is 0 Å². The quantitative estimate of drug-likeness (QED) is 0.787. The lowest BCUT2D eigenvalue weighted by Gasteiger charge is -2.34. The predicted molar refractivity (Wildman–Crippen MR) is 71.4 cm³/mol. The Kier molecular flexibility index (Phi) is 4.43. The number of para-hydroxylation sites is 1. The summed E-state index contributed by atoms with van der Waals surface area (Å²) in [4.78, 5) is 0. The Morgan fingerprint density at radius 3 is 2.53 bits per heavy atom. The van der Waals surface area contributed by atoms with E-state index < -0.39 is 0 Å². The van der Waals surface area contributed by atoms with Gasteiger partial charge in [0.1, 0.15) is 12.4 Å². The second-order valence-electron chi connectivity index (χ2n) is 5.21. The van der Waals surface area contributed by atoms with Gasteiger partial charge in [-0.3, -0.25) is 0 Å². The second-order valence-corrected chi connectivity index (χ2v) is 5.21. The van der Waals surface area contributed by atoms with Gasteiger partial charge in [0.15, 0.2) is 0 Å². The maximum absolute atomic E-state index is 5.68. The van der Waals surface area contributed by atoms with Crippen molar-refractivity contribution in [3.05, 3.63) is 30.3 Å². The number of ether oxygens (including phenoxy) is 1. The molecule has 0 saturated heterocycles. The zero-order chi connectivity index (χ0) is 12.0. The summed E-state index contributed by atoms with van der Waals surface area (Å²) in [5.74, 6) is 0.961. The third kappa shape index (κ3) is 4.04. The molecule has 0 unspecified atom stereocenters. The van der Waals surface area contributed by atoms with Gasteiger partial charge in [-0.15, -0.1) is 0 Å². The molecule has 2 heteroatoms. The molecule has 2 nitrogen and oxygen atoms in total. The summed E-state index contributed by atoms with van der Waals surface area (Å²) in [6.07, 6.45) is 6.74. The van der Waals surface area contributed by atoms with Gasteiger partial charge >= 0.3 is 0 Å². The van der Waals surface area contributed by atoms with Crippen molar-refractivity contribution >= 4 is 0 Å². The highest BCUT2D eigenvalue weighted by Gasteiger charge is 2.25.